The van der Waals surface area contributed by atoms with Gasteiger partial charge in [-0.2, -0.15) is 0 Å². The predicted molar refractivity (Wildman–Crippen MR) is 103 cm³/mol. The molecule has 0 saturated carbocycles. The number of benzene rings is 3. The summed E-state index contributed by atoms with van der Waals surface area (Å²) in [5.74, 6) is -0.770. The first kappa shape index (κ1) is 19.4. The van der Waals surface area contributed by atoms with Crippen LogP contribution in [-0.2, 0) is 20.9 Å². The smallest absolute Gasteiger partial charge is 0.344 e. The second kappa shape index (κ2) is 8.99. The Kier molecular flexibility index (Phi) is 6.22. The molecule has 0 heterocycles. The molecule has 3 aromatic carbocycles. The molecule has 1 amide bonds. The van der Waals surface area contributed by atoms with Gasteiger partial charge in [-0.05, 0) is 40.6 Å². The van der Waals surface area contributed by atoms with Crippen LogP contribution < -0.4 is 4.74 Å². The summed E-state index contributed by atoms with van der Waals surface area (Å²) in [6, 6.07) is 19.2. The molecule has 3 rings (SSSR count). The van der Waals surface area contributed by atoms with Crippen molar-refractivity contribution >= 4 is 22.6 Å². The van der Waals surface area contributed by atoms with Crippen LogP contribution >= 0.6 is 0 Å². The lowest BCUT2D eigenvalue weighted by molar-refractivity contribution is -0.153. The van der Waals surface area contributed by atoms with Gasteiger partial charge >= 0.3 is 5.97 Å². The quantitative estimate of drug-likeness (QED) is 0.587. The molecule has 5 nitrogen and oxygen atoms in total. The van der Waals surface area contributed by atoms with E-state index in [4.69, 9.17) is 9.47 Å². The number of nitrogens with zero attached hydrogens (tertiary/aromatic N) is 1. The molecular formula is C22H20FNO4. The molecule has 0 saturated heterocycles. The van der Waals surface area contributed by atoms with Crippen molar-refractivity contribution < 1.29 is 23.5 Å². The van der Waals surface area contributed by atoms with Gasteiger partial charge in [-0.15, -0.1) is 0 Å². The van der Waals surface area contributed by atoms with E-state index in [1.807, 2.05) is 36.4 Å². The summed E-state index contributed by atoms with van der Waals surface area (Å²) in [4.78, 5) is 25.3. The van der Waals surface area contributed by atoms with Crippen molar-refractivity contribution in [2.24, 2.45) is 0 Å². The lowest BCUT2D eigenvalue weighted by Gasteiger charge is -2.17. The van der Waals surface area contributed by atoms with Crippen LogP contribution in [0.15, 0.2) is 66.7 Å². The van der Waals surface area contributed by atoms with Crippen molar-refractivity contribution in [1.82, 2.24) is 4.90 Å². The minimum absolute atomic E-state index is 0.284. The van der Waals surface area contributed by atoms with Gasteiger partial charge < -0.3 is 14.4 Å². The summed E-state index contributed by atoms with van der Waals surface area (Å²) >= 11 is 0. The standard InChI is InChI=1S/C22H20FNO4/c1-24(13-16-6-9-19(23)10-7-16)21(25)14-28-22(26)15-27-20-11-8-17-4-2-3-5-18(17)12-20/h2-12H,13-15H2,1H3. The Morgan fingerprint density at radius 3 is 2.39 bits per heavy atom. The summed E-state index contributed by atoms with van der Waals surface area (Å²) in [5.41, 5.74) is 0.781. The number of esters is 1. The Labute approximate surface area is 162 Å². The van der Waals surface area contributed by atoms with Crippen LogP contribution in [-0.4, -0.2) is 37.0 Å². The minimum atomic E-state index is -0.628. The Morgan fingerprint density at radius 2 is 1.64 bits per heavy atom. The normalized spacial score (nSPS) is 10.5. The molecule has 0 aliphatic carbocycles. The number of hydrogen-bond donors (Lipinski definition) is 0. The molecule has 6 heteroatoms. The van der Waals surface area contributed by atoms with Crippen molar-refractivity contribution in [3.05, 3.63) is 78.1 Å². The number of likely N-dealkylation sites (N-methyl/N-ethyl adjacent to an activating group) is 1. The van der Waals surface area contributed by atoms with E-state index in [0.717, 1.165) is 16.3 Å². The number of ether oxygens (including phenoxy) is 2. The summed E-state index contributed by atoms with van der Waals surface area (Å²) in [6.07, 6.45) is 0. The number of hydrogen-bond acceptors (Lipinski definition) is 4. The molecule has 3 aromatic rings. The zero-order valence-corrected chi connectivity index (χ0v) is 15.4. The number of halogens is 1. The van der Waals surface area contributed by atoms with E-state index in [1.165, 1.54) is 17.0 Å². The van der Waals surface area contributed by atoms with E-state index in [-0.39, 0.29) is 24.9 Å². The molecule has 0 aromatic heterocycles. The van der Waals surface area contributed by atoms with Gasteiger partial charge in [0.25, 0.3) is 5.91 Å². The molecular weight excluding hydrogens is 361 g/mol. The molecule has 0 aliphatic rings. The molecule has 144 valence electrons. The second-order valence-corrected chi connectivity index (χ2v) is 6.33. The molecule has 0 bridgehead atoms. The first-order valence-corrected chi connectivity index (χ1v) is 8.77. The maximum atomic E-state index is 12.9. The summed E-state index contributed by atoms with van der Waals surface area (Å²) in [7, 11) is 1.59. The minimum Gasteiger partial charge on any atom is -0.482 e. The second-order valence-electron chi connectivity index (χ2n) is 6.33. The predicted octanol–water partition coefficient (Wildman–Crippen LogP) is 3.56. The third-order valence-electron chi connectivity index (χ3n) is 4.19. The average molecular weight is 381 g/mol. The van der Waals surface area contributed by atoms with Gasteiger partial charge in [0.1, 0.15) is 11.6 Å². The van der Waals surface area contributed by atoms with Crippen LogP contribution in [0.5, 0.6) is 5.75 Å². The molecule has 0 unspecified atom stereocenters. The van der Waals surface area contributed by atoms with Crippen molar-refractivity contribution in [2.75, 3.05) is 20.3 Å². The topological polar surface area (TPSA) is 55.8 Å². The number of fused-ring (bicyclic) bond motifs is 1. The van der Waals surface area contributed by atoms with Crippen LogP contribution in [0.1, 0.15) is 5.56 Å². The van der Waals surface area contributed by atoms with Gasteiger partial charge in [-0.25, -0.2) is 9.18 Å². The maximum absolute atomic E-state index is 12.9. The number of carbonyl (C=O) groups excluding carboxylic acids is 2. The highest BCUT2D eigenvalue weighted by molar-refractivity contribution is 5.84. The zero-order chi connectivity index (χ0) is 19.9. The van der Waals surface area contributed by atoms with Gasteiger partial charge in [0, 0.05) is 13.6 Å². The lowest BCUT2D eigenvalue weighted by atomic mass is 10.1. The molecule has 0 aliphatic heterocycles. The van der Waals surface area contributed by atoms with Crippen LogP contribution in [0.4, 0.5) is 4.39 Å². The Hall–Kier alpha value is -3.41. The number of rotatable bonds is 7. The highest BCUT2D eigenvalue weighted by Gasteiger charge is 2.13. The van der Waals surface area contributed by atoms with Crippen LogP contribution in [0.2, 0.25) is 0 Å². The molecule has 0 radical (unpaired) electrons. The number of amides is 1. The van der Waals surface area contributed by atoms with E-state index in [2.05, 4.69) is 0 Å². The van der Waals surface area contributed by atoms with E-state index in [9.17, 15) is 14.0 Å². The van der Waals surface area contributed by atoms with Crippen molar-refractivity contribution in [1.29, 1.82) is 0 Å². The van der Waals surface area contributed by atoms with Crippen LogP contribution in [0, 0.1) is 5.82 Å². The van der Waals surface area contributed by atoms with Gasteiger partial charge in [0.2, 0.25) is 0 Å². The zero-order valence-electron chi connectivity index (χ0n) is 15.4. The third-order valence-corrected chi connectivity index (χ3v) is 4.19. The third kappa shape index (κ3) is 5.30. The average Bonchev–Trinajstić information content (AvgIpc) is 2.71. The van der Waals surface area contributed by atoms with Gasteiger partial charge in [-0.3, -0.25) is 4.79 Å². The lowest BCUT2D eigenvalue weighted by Crippen LogP contribution is -2.31. The summed E-state index contributed by atoms with van der Waals surface area (Å²) in [6.45, 7) is -0.366. The fraction of sp³-hybridized carbons (Fsp3) is 0.182. The fourth-order valence-electron chi connectivity index (χ4n) is 2.65. The Balaban J connectivity index is 1.43. The van der Waals surface area contributed by atoms with Gasteiger partial charge in [0.15, 0.2) is 13.2 Å². The molecule has 0 atom stereocenters. The van der Waals surface area contributed by atoms with Crippen LogP contribution in [0.25, 0.3) is 10.8 Å². The van der Waals surface area contributed by atoms with Gasteiger partial charge in [0.05, 0.1) is 0 Å². The first-order chi connectivity index (χ1) is 13.5. The highest BCUT2D eigenvalue weighted by Crippen LogP contribution is 2.20. The van der Waals surface area contributed by atoms with Crippen molar-refractivity contribution in [2.45, 2.75) is 6.54 Å². The first-order valence-electron chi connectivity index (χ1n) is 8.77. The van der Waals surface area contributed by atoms with Crippen molar-refractivity contribution in [3.63, 3.8) is 0 Å². The van der Waals surface area contributed by atoms with Crippen molar-refractivity contribution in [3.8, 4) is 5.75 Å². The molecule has 28 heavy (non-hydrogen) atoms. The fourth-order valence-corrected chi connectivity index (χ4v) is 2.65. The monoisotopic (exact) mass is 381 g/mol. The molecule has 0 spiro atoms. The SMILES string of the molecule is CN(Cc1ccc(F)cc1)C(=O)COC(=O)COc1ccc2ccccc2c1. The highest BCUT2D eigenvalue weighted by atomic mass is 19.1. The molecule has 0 N–H and O–H groups in total. The van der Waals surface area contributed by atoms with E-state index in [0.29, 0.717) is 12.3 Å². The van der Waals surface area contributed by atoms with Crippen LogP contribution in [0.3, 0.4) is 0 Å². The van der Waals surface area contributed by atoms with E-state index >= 15 is 0 Å². The Morgan fingerprint density at radius 1 is 0.929 bits per heavy atom. The molecule has 0 fully saturated rings. The summed E-state index contributed by atoms with van der Waals surface area (Å²) < 4.78 is 23.3. The van der Waals surface area contributed by atoms with E-state index < -0.39 is 5.97 Å². The maximum Gasteiger partial charge on any atom is 0.344 e. The summed E-state index contributed by atoms with van der Waals surface area (Å²) in [5, 5.41) is 2.08. The number of carbonyl (C=O) groups is 2. The van der Waals surface area contributed by atoms with Gasteiger partial charge in [-0.1, -0.05) is 42.5 Å². The van der Waals surface area contributed by atoms with E-state index in [1.54, 1.807) is 25.2 Å². The Bertz CT molecular complexity index is 972. The largest absolute Gasteiger partial charge is 0.482 e.